The maximum Gasteiger partial charge on any atom is 0.408 e. The van der Waals surface area contributed by atoms with Crippen molar-refractivity contribution in [2.24, 2.45) is 5.92 Å². The Balaban J connectivity index is 0.825. The molecule has 3 aliphatic rings. The highest BCUT2D eigenvalue weighted by molar-refractivity contribution is 5.87. The zero-order valence-corrected chi connectivity index (χ0v) is 31.8. The number of pyridine rings is 1. The van der Waals surface area contributed by atoms with E-state index in [1.807, 2.05) is 54.6 Å². The number of aliphatic hydroxyl groups is 1. The Morgan fingerprint density at radius 1 is 0.825 bits per heavy atom. The molecule has 9 rings (SSSR count). The first kappa shape index (κ1) is 38.0. The largest absolute Gasteiger partial charge is 0.506 e. The van der Waals surface area contributed by atoms with Crippen LogP contribution in [0.5, 0.6) is 11.5 Å². The minimum absolute atomic E-state index is 0.0318. The number of phenolic OH excluding ortho intramolecular Hbond substituents is 1. The van der Waals surface area contributed by atoms with Crippen molar-refractivity contribution >= 4 is 17.0 Å². The quantitative estimate of drug-likeness (QED) is 0.0783. The van der Waals surface area contributed by atoms with Crippen molar-refractivity contribution in [3.63, 3.8) is 0 Å². The summed E-state index contributed by atoms with van der Waals surface area (Å²) in [5, 5.41) is 28.1. The summed E-state index contributed by atoms with van der Waals surface area (Å²) in [7, 11) is 0. The molecule has 0 spiro atoms. The third-order valence-corrected chi connectivity index (χ3v) is 11.3. The number of amides is 1. The molecule has 5 N–H and O–H groups in total. The van der Waals surface area contributed by atoms with Crippen LogP contribution in [-0.2, 0) is 17.7 Å². The highest BCUT2D eigenvalue weighted by Crippen LogP contribution is 2.32. The number of H-pyrrole nitrogens is 1. The minimum atomic E-state index is -0.821. The molecule has 4 heterocycles. The normalized spacial score (nSPS) is 18.5. The predicted octanol–water partition coefficient (Wildman–Crippen LogP) is 7.26. The van der Waals surface area contributed by atoms with Gasteiger partial charge in [0.25, 0.3) is 0 Å². The number of aromatic amines is 1. The molecule has 10 heteroatoms. The number of carbonyl (C=O) groups is 1. The lowest BCUT2D eigenvalue weighted by Crippen LogP contribution is -2.52. The Morgan fingerprint density at radius 2 is 1.54 bits per heavy atom. The van der Waals surface area contributed by atoms with Crippen molar-refractivity contribution in [3.05, 3.63) is 166 Å². The van der Waals surface area contributed by atoms with Gasteiger partial charge >= 0.3 is 6.09 Å². The summed E-state index contributed by atoms with van der Waals surface area (Å²) in [4.78, 5) is 30.0. The van der Waals surface area contributed by atoms with Crippen LogP contribution in [0.15, 0.2) is 132 Å². The Labute approximate surface area is 332 Å². The van der Waals surface area contributed by atoms with E-state index in [0.29, 0.717) is 42.1 Å². The molecular weight excluding hydrogens is 717 g/mol. The predicted molar refractivity (Wildman–Crippen MR) is 221 cm³/mol. The number of fused-ring (bicyclic) bond motifs is 4. The van der Waals surface area contributed by atoms with Crippen molar-refractivity contribution in [1.29, 1.82) is 0 Å². The van der Waals surface area contributed by atoms with E-state index in [4.69, 9.17) is 9.47 Å². The van der Waals surface area contributed by atoms with E-state index in [1.54, 1.807) is 12.1 Å². The SMILES string of the molecule is O=C(NC(c1ccccc1)c1cccc(OCCc2ccc(-c3ccc(CNC[C@H](O)c4ccc(O)c5[nH]c(=O)ccc45)cc3)cc2)c1)O[C@H]1CN2CCC1CC2. The van der Waals surface area contributed by atoms with Crippen molar-refractivity contribution in [3.8, 4) is 22.6 Å². The molecule has 0 radical (unpaired) electrons. The molecule has 3 atom stereocenters. The van der Waals surface area contributed by atoms with Crippen LogP contribution >= 0.6 is 0 Å². The van der Waals surface area contributed by atoms with Crippen LogP contribution < -0.4 is 20.9 Å². The fraction of sp³-hybridized carbons (Fsp3) is 0.277. The average Bonchev–Trinajstić information content (AvgIpc) is 3.24. The maximum absolute atomic E-state index is 13.2. The lowest BCUT2D eigenvalue weighted by molar-refractivity contribution is -0.0336. The van der Waals surface area contributed by atoms with Gasteiger partial charge in [0.15, 0.2) is 0 Å². The van der Waals surface area contributed by atoms with Gasteiger partial charge in [-0.3, -0.25) is 9.69 Å². The highest BCUT2D eigenvalue weighted by atomic mass is 16.6. The molecule has 3 saturated heterocycles. The second-order valence-corrected chi connectivity index (χ2v) is 15.1. The van der Waals surface area contributed by atoms with Crippen LogP contribution in [0.25, 0.3) is 22.0 Å². The van der Waals surface area contributed by atoms with Gasteiger partial charge in [-0.25, -0.2) is 4.79 Å². The van der Waals surface area contributed by atoms with Gasteiger partial charge in [0.1, 0.15) is 17.6 Å². The van der Waals surface area contributed by atoms with Gasteiger partial charge in [0, 0.05) is 37.5 Å². The third kappa shape index (κ3) is 9.21. The van der Waals surface area contributed by atoms with Crippen LogP contribution in [0, 0.1) is 5.92 Å². The monoisotopic (exact) mass is 764 g/mol. The molecular formula is C47H48N4O6. The van der Waals surface area contributed by atoms with Gasteiger partial charge in [-0.15, -0.1) is 0 Å². The lowest BCUT2D eigenvalue weighted by atomic mass is 9.86. The summed E-state index contributed by atoms with van der Waals surface area (Å²) in [5.74, 6) is 1.15. The minimum Gasteiger partial charge on any atom is -0.506 e. The number of phenols is 1. The molecule has 0 aliphatic carbocycles. The zero-order valence-electron chi connectivity index (χ0n) is 31.8. The number of aromatic nitrogens is 1. The van der Waals surface area contributed by atoms with Crippen LogP contribution in [0.1, 0.15) is 52.8 Å². The van der Waals surface area contributed by atoms with E-state index in [-0.39, 0.29) is 29.5 Å². The summed E-state index contributed by atoms with van der Waals surface area (Å²) in [6.45, 7) is 4.39. The smallest absolute Gasteiger partial charge is 0.408 e. The number of aliphatic hydroxyl groups excluding tert-OH is 1. The summed E-state index contributed by atoms with van der Waals surface area (Å²) in [6, 6.07) is 40.5. The molecule has 2 bridgehead atoms. The average molecular weight is 765 g/mol. The first-order chi connectivity index (χ1) is 27.9. The standard InChI is InChI=1S/C47H48N4O6/c52-41-19-17-39(40-18-20-44(54)49-46(40)41)42(53)29-48-28-32-11-15-34(16-12-32)33-13-9-31(10-14-33)23-26-56-38-8-4-7-37(27-38)45(36-5-2-1-3-6-36)50-47(55)57-43-30-51-24-21-35(43)22-25-51/h1-20,27,35,42-43,45,48,52-53H,21-26,28-30H2,(H,49,54)(H,50,55)/t42-,43-,45?/m0/s1. The first-order valence-corrected chi connectivity index (χ1v) is 19.8. The number of hydrogen-bond acceptors (Lipinski definition) is 8. The molecule has 292 valence electrons. The van der Waals surface area contributed by atoms with Gasteiger partial charge in [-0.1, -0.05) is 97.1 Å². The Kier molecular flexibility index (Phi) is 11.6. The zero-order chi connectivity index (χ0) is 39.1. The summed E-state index contributed by atoms with van der Waals surface area (Å²) in [5.41, 5.74) is 7.02. The number of alkyl carbamates (subject to hydrolysis) is 1. The topological polar surface area (TPSA) is 136 Å². The van der Waals surface area contributed by atoms with Crippen LogP contribution in [0.3, 0.4) is 0 Å². The maximum atomic E-state index is 13.2. The summed E-state index contributed by atoms with van der Waals surface area (Å²) < 4.78 is 12.2. The van der Waals surface area contributed by atoms with Gasteiger partial charge < -0.3 is 35.3 Å². The Morgan fingerprint density at radius 3 is 2.26 bits per heavy atom. The van der Waals surface area contributed by atoms with E-state index in [1.165, 1.54) is 17.7 Å². The number of piperidine rings is 3. The molecule has 5 aromatic carbocycles. The molecule has 57 heavy (non-hydrogen) atoms. The molecule has 3 fully saturated rings. The van der Waals surface area contributed by atoms with Crippen molar-refractivity contribution in [1.82, 2.24) is 20.5 Å². The van der Waals surface area contributed by atoms with E-state index in [2.05, 4.69) is 69.0 Å². The van der Waals surface area contributed by atoms with E-state index < -0.39 is 6.10 Å². The molecule has 0 saturated carbocycles. The number of nitrogens with zero attached hydrogens (tertiary/aromatic N) is 1. The fourth-order valence-corrected chi connectivity index (χ4v) is 8.10. The van der Waals surface area contributed by atoms with Gasteiger partial charge in [0.2, 0.25) is 5.56 Å². The van der Waals surface area contributed by atoms with Crippen LogP contribution in [0.4, 0.5) is 4.79 Å². The summed E-state index contributed by atoms with van der Waals surface area (Å²) in [6.07, 6.45) is 1.64. The lowest BCUT2D eigenvalue weighted by Gasteiger charge is -2.43. The summed E-state index contributed by atoms with van der Waals surface area (Å²) >= 11 is 0. The molecule has 10 nitrogen and oxygen atoms in total. The van der Waals surface area contributed by atoms with E-state index in [0.717, 1.165) is 72.5 Å². The number of benzene rings is 5. The Bertz CT molecular complexity index is 2340. The van der Waals surface area contributed by atoms with Crippen LogP contribution in [0.2, 0.25) is 0 Å². The van der Waals surface area contributed by atoms with Crippen LogP contribution in [-0.4, -0.2) is 65.1 Å². The van der Waals surface area contributed by atoms with Crippen molar-refractivity contribution in [2.45, 2.75) is 44.1 Å². The first-order valence-electron chi connectivity index (χ1n) is 19.8. The third-order valence-electron chi connectivity index (χ3n) is 11.3. The van der Waals surface area contributed by atoms with Gasteiger partial charge in [-0.05, 0) is 95.1 Å². The van der Waals surface area contributed by atoms with E-state index in [9.17, 15) is 19.8 Å². The second-order valence-electron chi connectivity index (χ2n) is 15.1. The number of hydrogen-bond donors (Lipinski definition) is 5. The molecule has 1 aromatic heterocycles. The fourth-order valence-electron chi connectivity index (χ4n) is 8.10. The number of aromatic hydroxyl groups is 1. The number of nitrogens with one attached hydrogen (secondary N) is 3. The van der Waals surface area contributed by atoms with Crippen molar-refractivity contribution < 1.29 is 24.5 Å². The molecule has 6 aromatic rings. The second kappa shape index (κ2) is 17.5. The van der Waals surface area contributed by atoms with E-state index >= 15 is 0 Å². The molecule has 1 unspecified atom stereocenters. The highest BCUT2D eigenvalue weighted by Gasteiger charge is 2.37. The van der Waals surface area contributed by atoms with Gasteiger partial charge in [0.05, 0.1) is 24.3 Å². The Hall–Kier alpha value is -5.94. The number of rotatable bonds is 14. The molecule has 1 amide bonds. The number of ether oxygens (including phenoxy) is 2. The number of carbonyl (C=O) groups excluding carboxylic acids is 1. The van der Waals surface area contributed by atoms with Crippen molar-refractivity contribution in [2.75, 3.05) is 32.8 Å². The van der Waals surface area contributed by atoms with Gasteiger partial charge in [-0.2, -0.15) is 0 Å². The molecule has 3 aliphatic heterocycles.